The third-order valence-electron chi connectivity index (χ3n) is 4.10. The minimum Gasteiger partial charge on any atom is -0.496 e. The molecule has 0 spiro atoms. The molecule has 0 bridgehead atoms. The molecule has 2 nitrogen and oxygen atoms in total. The van der Waals surface area contributed by atoms with Crippen molar-refractivity contribution >= 4 is 15.9 Å². The van der Waals surface area contributed by atoms with E-state index in [4.69, 9.17) is 10.5 Å². The third-order valence-corrected chi connectivity index (χ3v) is 4.56. The molecular formula is C15H22BrNO. The highest BCUT2D eigenvalue weighted by Gasteiger charge is 2.49. The molecule has 18 heavy (non-hydrogen) atoms. The zero-order valence-electron chi connectivity index (χ0n) is 11.6. The van der Waals surface area contributed by atoms with Crippen molar-refractivity contribution < 1.29 is 4.74 Å². The summed E-state index contributed by atoms with van der Waals surface area (Å²) in [6.07, 6.45) is 2.37. The third kappa shape index (κ3) is 2.19. The van der Waals surface area contributed by atoms with Gasteiger partial charge in [-0.15, -0.1) is 0 Å². The summed E-state index contributed by atoms with van der Waals surface area (Å²) >= 11 is 3.59. The van der Waals surface area contributed by atoms with Gasteiger partial charge in [0, 0.05) is 21.5 Å². The molecule has 1 aliphatic carbocycles. The van der Waals surface area contributed by atoms with Gasteiger partial charge in [0.05, 0.1) is 7.11 Å². The molecule has 1 aliphatic rings. The molecule has 0 saturated heterocycles. The smallest absolute Gasteiger partial charge is 0.123 e. The van der Waals surface area contributed by atoms with Gasteiger partial charge in [0.15, 0.2) is 0 Å². The van der Waals surface area contributed by atoms with Gasteiger partial charge in [0.1, 0.15) is 5.75 Å². The maximum Gasteiger partial charge on any atom is 0.123 e. The number of hydrogen-bond donors (Lipinski definition) is 1. The van der Waals surface area contributed by atoms with Gasteiger partial charge in [-0.2, -0.15) is 0 Å². The maximum atomic E-state index is 6.22. The first-order chi connectivity index (χ1) is 8.42. The van der Waals surface area contributed by atoms with Crippen LogP contribution >= 0.6 is 15.9 Å². The number of ether oxygens (including phenoxy) is 1. The largest absolute Gasteiger partial charge is 0.496 e. The molecule has 0 radical (unpaired) electrons. The lowest BCUT2D eigenvalue weighted by Gasteiger charge is -2.27. The van der Waals surface area contributed by atoms with E-state index in [0.29, 0.717) is 5.92 Å². The number of halogens is 1. The average Bonchev–Trinajstić information content (AvgIpc) is 3.08. The molecule has 0 heterocycles. The molecule has 100 valence electrons. The number of hydrogen-bond acceptors (Lipinski definition) is 2. The molecule has 3 heteroatoms. The molecule has 1 atom stereocenters. The Bertz CT molecular complexity index is 450. The predicted molar refractivity (Wildman–Crippen MR) is 79.3 cm³/mol. The van der Waals surface area contributed by atoms with Crippen LogP contribution in [0.2, 0.25) is 0 Å². The van der Waals surface area contributed by atoms with Crippen molar-refractivity contribution in [2.75, 3.05) is 7.11 Å². The number of rotatable bonds is 4. The topological polar surface area (TPSA) is 35.2 Å². The van der Waals surface area contributed by atoms with Crippen LogP contribution in [0.25, 0.3) is 0 Å². The normalized spacial score (nSPS) is 18.8. The summed E-state index contributed by atoms with van der Waals surface area (Å²) in [7, 11) is 1.74. The summed E-state index contributed by atoms with van der Waals surface area (Å²) in [6, 6.07) is 4.47. The van der Waals surface area contributed by atoms with Crippen molar-refractivity contribution in [3.63, 3.8) is 0 Å². The number of methoxy groups -OCH3 is 1. The first kappa shape index (κ1) is 13.9. The molecular weight excluding hydrogens is 290 g/mol. The van der Waals surface area contributed by atoms with E-state index in [9.17, 15) is 0 Å². The van der Waals surface area contributed by atoms with Crippen LogP contribution in [0.5, 0.6) is 5.75 Å². The van der Waals surface area contributed by atoms with Crippen molar-refractivity contribution in [1.82, 2.24) is 0 Å². The molecule has 1 aromatic rings. The second-order valence-corrected chi connectivity index (χ2v) is 6.58. The fourth-order valence-electron chi connectivity index (χ4n) is 2.87. The van der Waals surface area contributed by atoms with Crippen LogP contribution < -0.4 is 10.5 Å². The van der Waals surface area contributed by atoms with Gasteiger partial charge in [-0.05, 0) is 43.4 Å². The highest BCUT2D eigenvalue weighted by molar-refractivity contribution is 9.10. The molecule has 1 fully saturated rings. The summed E-state index contributed by atoms with van der Waals surface area (Å²) in [5.74, 6) is 1.42. The Hall–Kier alpha value is -0.540. The van der Waals surface area contributed by atoms with Crippen LogP contribution in [0.4, 0.5) is 0 Å². The lowest BCUT2D eigenvalue weighted by atomic mass is 9.82. The van der Waals surface area contributed by atoms with Crippen LogP contribution in [-0.2, 0) is 5.41 Å². The van der Waals surface area contributed by atoms with Crippen molar-refractivity contribution in [1.29, 1.82) is 0 Å². The first-order valence-electron chi connectivity index (χ1n) is 6.56. The van der Waals surface area contributed by atoms with Crippen LogP contribution in [0.3, 0.4) is 0 Å². The van der Waals surface area contributed by atoms with Gasteiger partial charge < -0.3 is 10.5 Å². The van der Waals surface area contributed by atoms with Crippen LogP contribution in [0.1, 0.15) is 50.7 Å². The first-order valence-corrected chi connectivity index (χ1v) is 7.35. The van der Waals surface area contributed by atoms with Gasteiger partial charge in [0.2, 0.25) is 0 Å². The molecule has 1 aromatic carbocycles. The Labute approximate surface area is 118 Å². The van der Waals surface area contributed by atoms with Gasteiger partial charge in [0.25, 0.3) is 0 Å². The molecule has 0 aromatic heterocycles. The van der Waals surface area contributed by atoms with E-state index < -0.39 is 0 Å². The fraction of sp³-hybridized carbons (Fsp3) is 0.600. The lowest BCUT2D eigenvalue weighted by molar-refractivity contribution is 0.404. The summed E-state index contributed by atoms with van der Waals surface area (Å²) in [6.45, 7) is 6.55. The Morgan fingerprint density at radius 2 is 1.89 bits per heavy atom. The molecule has 2 N–H and O–H groups in total. The Morgan fingerprint density at radius 1 is 1.28 bits per heavy atom. The monoisotopic (exact) mass is 311 g/mol. The Kier molecular flexibility index (Phi) is 3.75. The molecule has 0 amide bonds. The van der Waals surface area contributed by atoms with Crippen molar-refractivity contribution in [2.45, 2.75) is 51.0 Å². The fourth-order valence-corrected chi connectivity index (χ4v) is 3.31. The minimum absolute atomic E-state index is 0.163. The Balaban J connectivity index is 2.62. The van der Waals surface area contributed by atoms with Crippen LogP contribution in [0, 0.1) is 0 Å². The zero-order valence-corrected chi connectivity index (χ0v) is 13.2. The van der Waals surface area contributed by atoms with E-state index in [1.165, 1.54) is 24.0 Å². The summed E-state index contributed by atoms with van der Waals surface area (Å²) in [4.78, 5) is 0. The quantitative estimate of drug-likeness (QED) is 0.913. The summed E-state index contributed by atoms with van der Waals surface area (Å²) < 4.78 is 6.63. The van der Waals surface area contributed by atoms with Crippen molar-refractivity contribution in [2.24, 2.45) is 5.73 Å². The minimum atomic E-state index is 0.163. The Morgan fingerprint density at radius 3 is 2.28 bits per heavy atom. The van der Waals surface area contributed by atoms with E-state index in [0.717, 1.165) is 10.2 Å². The molecule has 1 unspecified atom stereocenters. The zero-order chi connectivity index (χ0) is 13.5. The average molecular weight is 312 g/mol. The number of nitrogens with two attached hydrogens (primary N) is 1. The van der Waals surface area contributed by atoms with Crippen molar-refractivity contribution in [3.8, 4) is 5.75 Å². The predicted octanol–water partition coefficient (Wildman–Crippen LogP) is 3.96. The molecule has 2 rings (SSSR count). The van der Waals surface area contributed by atoms with Gasteiger partial charge in [-0.1, -0.05) is 29.8 Å². The van der Waals surface area contributed by atoms with Crippen LogP contribution in [-0.4, -0.2) is 13.2 Å². The van der Waals surface area contributed by atoms with Crippen LogP contribution in [0.15, 0.2) is 16.6 Å². The van der Waals surface area contributed by atoms with E-state index >= 15 is 0 Å². The summed E-state index contributed by atoms with van der Waals surface area (Å²) in [5, 5.41) is 0. The second kappa shape index (κ2) is 4.86. The molecule has 0 aliphatic heterocycles. The van der Waals surface area contributed by atoms with Gasteiger partial charge in [-0.3, -0.25) is 0 Å². The standard InChI is InChI=1S/C15H22BrNO/c1-9(2)14-12(15(5-6-15)10(3)17)7-11(16)8-13(14)18-4/h7-10H,5-6,17H2,1-4H3. The van der Waals surface area contributed by atoms with E-state index in [1.807, 2.05) is 0 Å². The second-order valence-electron chi connectivity index (χ2n) is 5.67. The lowest BCUT2D eigenvalue weighted by Crippen LogP contribution is -2.32. The maximum absolute atomic E-state index is 6.22. The van der Waals surface area contributed by atoms with E-state index in [2.05, 4.69) is 48.8 Å². The molecule has 1 saturated carbocycles. The summed E-state index contributed by atoms with van der Waals surface area (Å²) in [5.41, 5.74) is 9.07. The van der Waals surface area contributed by atoms with E-state index in [-0.39, 0.29) is 11.5 Å². The van der Waals surface area contributed by atoms with E-state index in [1.54, 1.807) is 7.11 Å². The van der Waals surface area contributed by atoms with Gasteiger partial charge >= 0.3 is 0 Å². The SMILES string of the molecule is COc1cc(Br)cc(C2(C(C)N)CC2)c1C(C)C. The highest BCUT2D eigenvalue weighted by Crippen LogP contribution is 2.54. The van der Waals surface area contributed by atoms with Crippen molar-refractivity contribution in [3.05, 3.63) is 27.7 Å². The number of benzene rings is 1. The van der Waals surface area contributed by atoms with Gasteiger partial charge in [-0.25, -0.2) is 0 Å². The highest BCUT2D eigenvalue weighted by atomic mass is 79.9.